The van der Waals surface area contributed by atoms with E-state index in [9.17, 15) is 18.0 Å². The summed E-state index contributed by atoms with van der Waals surface area (Å²) < 4.78 is 47.0. The van der Waals surface area contributed by atoms with E-state index in [1.807, 2.05) is 33.0 Å². The molecule has 0 bridgehead atoms. The van der Waals surface area contributed by atoms with Crippen LogP contribution in [0.25, 0.3) is 0 Å². The molecular formula is C28H38F3N5O2. The average molecular weight is 534 g/mol. The van der Waals surface area contributed by atoms with E-state index < -0.39 is 11.7 Å². The zero-order valence-corrected chi connectivity index (χ0v) is 22.5. The number of hydrogen-bond acceptors (Lipinski definition) is 6. The van der Waals surface area contributed by atoms with Crippen molar-refractivity contribution < 1.29 is 22.7 Å². The van der Waals surface area contributed by atoms with Crippen LogP contribution in [-0.2, 0) is 23.9 Å². The Labute approximate surface area is 222 Å². The van der Waals surface area contributed by atoms with E-state index in [0.717, 1.165) is 43.9 Å². The molecule has 1 aromatic heterocycles. The van der Waals surface area contributed by atoms with Gasteiger partial charge in [-0.05, 0) is 68.2 Å². The summed E-state index contributed by atoms with van der Waals surface area (Å²) in [7, 11) is 3.38. The maximum Gasteiger partial charge on any atom is 0.419 e. The standard InChI is InChI=1S/C28H38F3N5O2/c1-17(2)25(37)36-24-7-5-6-12-27(24)14-19(27)9-11-21-20(28(29,30)31)16-33-26(34-21)35-22-10-8-18(15-32-3)13-23(22)38-4/h8,10,13,16-17,19,24,32H,5-7,9,11-12,14-15H2,1-4H3,(H,36,37)(H,33,34,35)/t19-,24+,27-/m0/s1. The second-order valence-electron chi connectivity index (χ2n) is 10.9. The molecule has 3 atom stereocenters. The van der Waals surface area contributed by atoms with Gasteiger partial charge in [0.15, 0.2) is 0 Å². The number of rotatable bonds is 10. The average Bonchev–Trinajstić information content (AvgIpc) is 3.57. The minimum atomic E-state index is -4.54. The van der Waals surface area contributed by atoms with Crippen molar-refractivity contribution in [3.05, 3.63) is 41.2 Å². The number of anilines is 2. The highest BCUT2D eigenvalue weighted by molar-refractivity contribution is 5.78. The molecule has 1 aromatic carbocycles. The Morgan fingerprint density at radius 1 is 1.26 bits per heavy atom. The molecule has 3 N–H and O–H groups in total. The fourth-order valence-electron chi connectivity index (χ4n) is 5.83. The number of halogens is 3. The highest BCUT2D eigenvalue weighted by Gasteiger charge is 2.59. The summed E-state index contributed by atoms with van der Waals surface area (Å²) in [4.78, 5) is 20.7. The molecule has 0 unspecified atom stereocenters. The lowest BCUT2D eigenvalue weighted by Crippen LogP contribution is -2.45. The van der Waals surface area contributed by atoms with Gasteiger partial charge in [-0.25, -0.2) is 9.97 Å². The van der Waals surface area contributed by atoms with Crippen molar-refractivity contribution in [2.45, 2.75) is 77.6 Å². The number of ether oxygens (including phenoxy) is 1. The Kier molecular flexibility index (Phi) is 8.49. The number of aryl methyl sites for hydroxylation is 1. The first kappa shape index (κ1) is 28.1. The third-order valence-corrected chi connectivity index (χ3v) is 8.00. The van der Waals surface area contributed by atoms with Gasteiger partial charge >= 0.3 is 6.18 Å². The Balaban J connectivity index is 1.50. The third kappa shape index (κ3) is 6.22. The van der Waals surface area contributed by atoms with Gasteiger partial charge in [-0.3, -0.25) is 4.79 Å². The number of methoxy groups -OCH3 is 1. The van der Waals surface area contributed by atoms with Gasteiger partial charge in [-0.15, -0.1) is 0 Å². The smallest absolute Gasteiger partial charge is 0.419 e. The maximum atomic E-state index is 13.8. The van der Waals surface area contributed by atoms with Gasteiger partial charge in [0.05, 0.1) is 24.1 Å². The number of nitrogens with one attached hydrogen (secondary N) is 3. The van der Waals surface area contributed by atoms with Gasteiger partial charge in [-0.1, -0.05) is 32.8 Å². The van der Waals surface area contributed by atoms with E-state index in [0.29, 0.717) is 24.4 Å². The number of nitrogens with zero attached hydrogens (tertiary/aromatic N) is 2. The summed E-state index contributed by atoms with van der Waals surface area (Å²) in [5, 5.41) is 9.32. The maximum absolute atomic E-state index is 13.8. The van der Waals surface area contributed by atoms with Crippen LogP contribution in [0.2, 0.25) is 0 Å². The van der Waals surface area contributed by atoms with Crippen LogP contribution in [0.4, 0.5) is 24.8 Å². The van der Waals surface area contributed by atoms with E-state index in [-0.39, 0.29) is 47.3 Å². The summed E-state index contributed by atoms with van der Waals surface area (Å²) in [6, 6.07) is 5.65. The Hall–Kier alpha value is -2.88. The lowest BCUT2D eigenvalue weighted by Gasteiger charge is -2.34. The van der Waals surface area contributed by atoms with E-state index >= 15 is 0 Å². The molecule has 38 heavy (non-hydrogen) atoms. The van der Waals surface area contributed by atoms with Gasteiger partial charge in [0.2, 0.25) is 11.9 Å². The molecule has 4 rings (SSSR count). The summed E-state index contributed by atoms with van der Waals surface area (Å²) in [5.74, 6) is 0.868. The van der Waals surface area contributed by atoms with Crippen LogP contribution in [0.1, 0.15) is 69.2 Å². The van der Waals surface area contributed by atoms with E-state index in [4.69, 9.17) is 4.74 Å². The fraction of sp³-hybridized carbons (Fsp3) is 0.607. The van der Waals surface area contributed by atoms with Gasteiger partial charge < -0.3 is 20.7 Å². The van der Waals surface area contributed by atoms with Crippen molar-refractivity contribution in [2.75, 3.05) is 19.5 Å². The number of carbonyl (C=O) groups excluding carboxylic acids is 1. The number of alkyl halides is 3. The molecule has 7 nitrogen and oxygen atoms in total. The van der Waals surface area contributed by atoms with Gasteiger partial charge in [0.1, 0.15) is 5.75 Å². The molecule has 1 spiro atoms. The van der Waals surface area contributed by atoms with Gasteiger partial charge in [0, 0.05) is 24.7 Å². The predicted molar refractivity (Wildman–Crippen MR) is 140 cm³/mol. The molecule has 1 heterocycles. The highest BCUT2D eigenvalue weighted by Crippen LogP contribution is 2.63. The van der Waals surface area contributed by atoms with Crippen molar-refractivity contribution in [3.8, 4) is 5.75 Å². The molecule has 0 radical (unpaired) electrons. The molecule has 0 saturated heterocycles. The predicted octanol–water partition coefficient (Wildman–Crippen LogP) is 5.62. The second kappa shape index (κ2) is 11.5. The first-order valence-corrected chi connectivity index (χ1v) is 13.4. The summed E-state index contributed by atoms with van der Waals surface area (Å²) in [5.41, 5.74) is 0.763. The van der Waals surface area contributed by atoms with Crippen LogP contribution < -0.4 is 20.7 Å². The minimum Gasteiger partial charge on any atom is -0.495 e. The lowest BCUT2D eigenvalue weighted by atomic mass is 9.78. The molecular weight excluding hydrogens is 495 g/mol. The van der Waals surface area contributed by atoms with E-state index in [1.165, 1.54) is 7.11 Å². The van der Waals surface area contributed by atoms with Crippen molar-refractivity contribution in [3.63, 3.8) is 0 Å². The first-order chi connectivity index (χ1) is 18.1. The molecule has 2 aromatic rings. The van der Waals surface area contributed by atoms with Crippen LogP contribution in [0.15, 0.2) is 24.4 Å². The summed E-state index contributed by atoms with van der Waals surface area (Å²) in [6.45, 7) is 4.41. The topological polar surface area (TPSA) is 88.2 Å². The minimum absolute atomic E-state index is 0.00222. The zero-order chi connectivity index (χ0) is 27.5. The van der Waals surface area contributed by atoms with Gasteiger partial charge in [0.25, 0.3) is 0 Å². The summed E-state index contributed by atoms with van der Waals surface area (Å²) in [6.07, 6.45) is 2.14. The lowest BCUT2D eigenvalue weighted by molar-refractivity contribution is -0.138. The fourth-order valence-corrected chi connectivity index (χ4v) is 5.83. The van der Waals surface area contributed by atoms with Crippen molar-refractivity contribution in [1.29, 1.82) is 0 Å². The quantitative estimate of drug-likeness (QED) is 0.367. The molecule has 2 aliphatic rings. The van der Waals surface area contributed by atoms with Crippen LogP contribution in [-0.4, -0.2) is 36.1 Å². The SMILES string of the molecule is CNCc1ccc(Nc2ncc(C(F)(F)F)c(CC[C@H]3C[C@@]34CCCC[C@H]4NC(=O)C(C)C)n2)c(OC)c1. The van der Waals surface area contributed by atoms with Crippen LogP contribution in [0.3, 0.4) is 0 Å². The largest absolute Gasteiger partial charge is 0.495 e. The van der Waals surface area contributed by atoms with Crippen molar-refractivity contribution >= 4 is 17.5 Å². The van der Waals surface area contributed by atoms with Crippen LogP contribution in [0.5, 0.6) is 5.75 Å². The monoisotopic (exact) mass is 533 g/mol. The normalized spacial score (nSPS) is 22.9. The zero-order valence-electron chi connectivity index (χ0n) is 22.5. The van der Waals surface area contributed by atoms with E-state index in [1.54, 1.807) is 6.07 Å². The molecule has 2 fully saturated rings. The Morgan fingerprint density at radius 2 is 2.05 bits per heavy atom. The van der Waals surface area contributed by atoms with Crippen molar-refractivity contribution in [2.24, 2.45) is 17.3 Å². The number of amides is 1. The van der Waals surface area contributed by atoms with E-state index in [2.05, 4.69) is 25.9 Å². The van der Waals surface area contributed by atoms with Crippen LogP contribution in [0, 0.1) is 17.3 Å². The first-order valence-electron chi connectivity index (χ1n) is 13.4. The molecule has 2 aliphatic carbocycles. The molecule has 208 valence electrons. The molecule has 2 saturated carbocycles. The number of hydrogen-bond donors (Lipinski definition) is 3. The molecule has 10 heteroatoms. The number of aromatic nitrogens is 2. The second-order valence-corrected chi connectivity index (χ2v) is 10.9. The number of carbonyl (C=O) groups is 1. The Morgan fingerprint density at radius 3 is 2.74 bits per heavy atom. The van der Waals surface area contributed by atoms with Crippen LogP contribution >= 0.6 is 0 Å². The molecule has 0 aliphatic heterocycles. The van der Waals surface area contributed by atoms with Crippen molar-refractivity contribution in [1.82, 2.24) is 20.6 Å². The number of benzene rings is 1. The highest BCUT2D eigenvalue weighted by atomic mass is 19.4. The summed E-state index contributed by atoms with van der Waals surface area (Å²) >= 11 is 0. The van der Waals surface area contributed by atoms with Gasteiger partial charge in [-0.2, -0.15) is 13.2 Å². The third-order valence-electron chi connectivity index (χ3n) is 8.00. The molecule has 1 amide bonds. The Bertz CT molecular complexity index is 1140.